The molecule has 0 aliphatic carbocycles. The minimum atomic E-state index is -0.899. The van der Waals surface area contributed by atoms with Gasteiger partial charge in [-0.3, -0.25) is 14.3 Å². The van der Waals surface area contributed by atoms with Gasteiger partial charge >= 0.3 is 0 Å². The third kappa shape index (κ3) is 5.55. The van der Waals surface area contributed by atoms with Gasteiger partial charge in [0.15, 0.2) is 0 Å². The van der Waals surface area contributed by atoms with Crippen LogP contribution in [0.3, 0.4) is 0 Å². The first kappa shape index (κ1) is 20.4. The van der Waals surface area contributed by atoms with E-state index < -0.39 is 5.54 Å². The minimum Gasteiger partial charge on any atom is -0.497 e. The number of amides is 2. The van der Waals surface area contributed by atoms with Gasteiger partial charge in [-0.15, -0.1) is 0 Å². The largest absolute Gasteiger partial charge is 0.497 e. The summed E-state index contributed by atoms with van der Waals surface area (Å²) in [6.45, 7) is 4.37. The van der Waals surface area contributed by atoms with Crippen LogP contribution in [-0.4, -0.2) is 49.0 Å². The molecular formula is C19H26N4O4. The summed E-state index contributed by atoms with van der Waals surface area (Å²) >= 11 is 0. The molecular weight excluding hydrogens is 348 g/mol. The number of nitrogens with zero attached hydrogens (tertiary/aromatic N) is 2. The average molecular weight is 374 g/mol. The summed E-state index contributed by atoms with van der Waals surface area (Å²) < 4.78 is 11.6. The molecule has 1 aromatic carbocycles. The molecule has 8 heteroatoms. The topological polar surface area (TPSA) is 94.5 Å². The first-order chi connectivity index (χ1) is 12.9. The Balaban J connectivity index is 1.97. The van der Waals surface area contributed by atoms with Crippen molar-refractivity contribution in [2.75, 3.05) is 32.7 Å². The number of methoxy groups -OCH3 is 2. The van der Waals surface area contributed by atoms with Gasteiger partial charge in [-0.05, 0) is 31.5 Å². The van der Waals surface area contributed by atoms with Crippen molar-refractivity contribution in [3.05, 3.63) is 42.2 Å². The van der Waals surface area contributed by atoms with Crippen LogP contribution in [0.1, 0.15) is 19.4 Å². The number of nitrogens with one attached hydrogen (secondary N) is 2. The molecule has 2 rings (SSSR count). The molecule has 2 amide bonds. The standard InChI is InChI=1S/C19H26N4O4/c1-19(2,18(25)20-8-9-26-3)23-13-15(12-21-23)22-17(24)11-14-6-5-7-16(10-14)27-4/h5-7,10,12-13H,8-9,11H2,1-4H3,(H,20,25)(H,22,24). The van der Waals surface area contributed by atoms with Gasteiger partial charge in [-0.2, -0.15) is 5.10 Å². The van der Waals surface area contributed by atoms with Crippen molar-refractivity contribution in [2.24, 2.45) is 0 Å². The van der Waals surface area contributed by atoms with Gasteiger partial charge in [0.1, 0.15) is 11.3 Å². The molecule has 0 unspecified atom stereocenters. The Morgan fingerprint density at radius 1 is 1.26 bits per heavy atom. The van der Waals surface area contributed by atoms with Gasteiger partial charge < -0.3 is 20.1 Å². The van der Waals surface area contributed by atoms with Crippen LogP contribution in [0.25, 0.3) is 0 Å². The van der Waals surface area contributed by atoms with Gasteiger partial charge in [0.2, 0.25) is 11.8 Å². The quantitative estimate of drug-likeness (QED) is 0.650. The molecule has 0 aliphatic heterocycles. The predicted molar refractivity (Wildman–Crippen MR) is 102 cm³/mol. The van der Waals surface area contributed by atoms with Crippen LogP contribution in [0.4, 0.5) is 5.69 Å². The van der Waals surface area contributed by atoms with Crippen LogP contribution in [0.15, 0.2) is 36.7 Å². The Morgan fingerprint density at radius 3 is 2.74 bits per heavy atom. The molecule has 0 saturated heterocycles. The summed E-state index contributed by atoms with van der Waals surface area (Å²) in [5, 5.41) is 9.80. The lowest BCUT2D eigenvalue weighted by Crippen LogP contribution is -2.45. The lowest BCUT2D eigenvalue weighted by atomic mass is 10.1. The number of aromatic nitrogens is 2. The number of hydrogen-bond donors (Lipinski definition) is 2. The van der Waals surface area contributed by atoms with E-state index in [9.17, 15) is 9.59 Å². The zero-order valence-corrected chi connectivity index (χ0v) is 16.1. The fraction of sp³-hybridized carbons (Fsp3) is 0.421. The van der Waals surface area contributed by atoms with Crippen molar-refractivity contribution < 1.29 is 19.1 Å². The van der Waals surface area contributed by atoms with Crippen molar-refractivity contribution in [1.82, 2.24) is 15.1 Å². The van der Waals surface area contributed by atoms with Gasteiger partial charge in [0, 0.05) is 19.9 Å². The van der Waals surface area contributed by atoms with E-state index in [0.717, 1.165) is 5.56 Å². The summed E-state index contributed by atoms with van der Waals surface area (Å²) in [6, 6.07) is 7.34. The number of benzene rings is 1. The highest BCUT2D eigenvalue weighted by Crippen LogP contribution is 2.18. The Kier molecular flexibility index (Phi) is 6.95. The van der Waals surface area contributed by atoms with Crippen LogP contribution in [-0.2, 0) is 26.3 Å². The maximum atomic E-state index is 12.3. The van der Waals surface area contributed by atoms with E-state index in [1.165, 1.54) is 10.9 Å². The summed E-state index contributed by atoms with van der Waals surface area (Å²) in [6.07, 6.45) is 3.37. The minimum absolute atomic E-state index is 0.176. The van der Waals surface area contributed by atoms with Crippen LogP contribution < -0.4 is 15.4 Å². The van der Waals surface area contributed by atoms with Crippen molar-refractivity contribution >= 4 is 17.5 Å². The average Bonchev–Trinajstić information content (AvgIpc) is 3.11. The van der Waals surface area contributed by atoms with E-state index in [-0.39, 0.29) is 18.2 Å². The summed E-state index contributed by atoms with van der Waals surface area (Å²) in [5.41, 5.74) is 0.474. The molecule has 2 aromatic rings. The second-order valence-electron chi connectivity index (χ2n) is 6.56. The molecule has 1 heterocycles. The number of anilines is 1. The van der Waals surface area contributed by atoms with Crippen LogP contribution in [0.5, 0.6) is 5.75 Å². The van der Waals surface area contributed by atoms with Crippen LogP contribution in [0, 0.1) is 0 Å². The van der Waals surface area contributed by atoms with Crippen LogP contribution >= 0.6 is 0 Å². The Morgan fingerprint density at radius 2 is 2.04 bits per heavy atom. The van der Waals surface area contributed by atoms with Crippen molar-refractivity contribution in [3.63, 3.8) is 0 Å². The smallest absolute Gasteiger partial charge is 0.247 e. The third-order valence-corrected chi connectivity index (χ3v) is 4.09. The SMILES string of the molecule is COCCNC(=O)C(C)(C)n1cc(NC(=O)Cc2cccc(OC)c2)cn1. The molecule has 0 bridgehead atoms. The van der Waals surface area contributed by atoms with Crippen molar-refractivity contribution in [2.45, 2.75) is 25.8 Å². The molecule has 146 valence electrons. The third-order valence-electron chi connectivity index (χ3n) is 4.09. The Hall–Kier alpha value is -2.87. The lowest BCUT2D eigenvalue weighted by molar-refractivity contribution is -0.129. The van der Waals surface area contributed by atoms with Gasteiger partial charge in [-0.25, -0.2) is 0 Å². The highest BCUT2D eigenvalue weighted by atomic mass is 16.5. The zero-order chi connectivity index (χ0) is 19.9. The van der Waals surface area contributed by atoms with Crippen molar-refractivity contribution in [3.8, 4) is 5.75 Å². The van der Waals surface area contributed by atoms with Crippen molar-refractivity contribution in [1.29, 1.82) is 0 Å². The molecule has 8 nitrogen and oxygen atoms in total. The lowest BCUT2D eigenvalue weighted by Gasteiger charge is -2.24. The summed E-state index contributed by atoms with van der Waals surface area (Å²) in [7, 11) is 3.16. The summed E-state index contributed by atoms with van der Waals surface area (Å²) in [4.78, 5) is 24.6. The number of carbonyl (C=O) groups is 2. The molecule has 0 fully saturated rings. The molecule has 0 spiro atoms. The van der Waals surface area contributed by atoms with Gasteiger partial charge in [0.05, 0.1) is 32.0 Å². The van der Waals surface area contributed by atoms with E-state index in [1.807, 2.05) is 24.3 Å². The second kappa shape index (κ2) is 9.18. The Labute approximate surface area is 158 Å². The van der Waals surface area contributed by atoms with Crippen LogP contribution in [0.2, 0.25) is 0 Å². The monoisotopic (exact) mass is 374 g/mol. The second-order valence-corrected chi connectivity index (χ2v) is 6.56. The highest BCUT2D eigenvalue weighted by Gasteiger charge is 2.30. The number of ether oxygens (including phenoxy) is 2. The zero-order valence-electron chi connectivity index (χ0n) is 16.1. The molecule has 2 N–H and O–H groups in total. The van der Waals surface area contributed by atoms with E-state index >= 15 is 0 Å². The maximum absolute atomic E-state index is 12.3. The number of rotatable bonds is 9. The maximum Gasteiger partial charge on any atom is 0.247 e. The predicted octanol–water partition coefficient (Wildman–Crippen LogP) is 1.57. The van der Waals surface area contributed by atoms with Gasteiger partial charge in [0.25, 0.3) is 0 Å². The molecule has 0 aliphatic rings. The molecule has 0 saturated carbocycles. The first-order valence-corrected chi connectivity index (χ1v) is 8.62. The summed E-state index contributed by atoms with van der Waals surface area (Å²) in [5.74, 6) is 0.344. The Bertz CT molecular complexity index is 786. The van der Waals surface area contributed by atoms with E-state index in [0.29, 0.717) is 24.6 Å². The fourth-order valence-electron chi connectivity index (χ4n) is 2.45. The highest BCUT2D eigenvalue weighted by molar-refractivity contribution is 5.92. The molecule has 1 aromatic heterocycles. The normalized spacial score (nSPS) is 11.1. The van der Waals surface area contributed by atoms with E-state index in [2.05, 4.69) is 15.7 Å². The fourth-order valence-corrected chi connectivity index (χ4v) is 2.45. The molecule has 27 heavy (non-hydrogen) atoms. The first-order valence-electron chi connectivity index (χ1n) is 8.62. The number of hydrogen-bond acceptors (Lipinski definition) is 5. The molecule has 0 atom stereocenters. The number of carbonyl (C=O) groups excluding carboxylic acids is 2. The van der Waals surface area contributed by atoms with Gasteiger partial charge in [-0.1, -0.05) is 12.1 Å². The van der Waals surface area contributed by atoms with E-state index in [4.69, 9.17) is 9.47 Å². The molecule has 0 radical (unpaired) electrons. The van der Waals surface area contributed by atoms with E-state index in [1.54, 1.807) is 34.3 Å².